The van der Waals surface area contributed by atoms with Crippen LogP contribution in [0, 0.1) is 13.8 Å². The van der Waals surface area contributed by atoms with E-state index in [1.807, 2.05) is 0 Å². The van der Waals surface area contributed by atoms with Crippen LogP contribution in [0.3, 0.4) is 0 Å². The highest BCUT2D eigenvalue weighted by Crippen LogP contribution is 2.40. The van der Waals surface area contributed by atoms with Crippen LogP contribution >= 0.6 is 0 Å². The van der Waals surface area contributed by atoms with Crippen LogP contribution in [0.1, 0.15) is 36.0 Å². The highest BCUT2D eigenvalue weighted by Gasteiger charge is 2.40. The minimum Gasteiger partial charge on any atom is -0.494 e. The topological polar surface area (TPSA) is 310 Å². The van der Waals surface area contributed by atoms with Gasteiger partial charge in [0.05, 0.1) is 65.4 Å². The lowest BCUT2D eigenvalue weighted by Crippen LogP contribution is -2.49. The molecule has 2 fully saturated rings. The molecule has 0 unspecified atom stereocenters. The molecule has 4 atom stereocenters. The number of aromatic nitrogens is 10. The number of furan rings is 2. The van der Waals surface area contributed by atoms with Gasteiger partial charge in [-0.15, -0.1) is 20.4 Å². The van der Waals surface area contributed by atoms with Gasteiger partial charge >= 0.3 is 0 Å². The van der Waals surface area contributed by atoms with Gasteiger partial charge in [0, 0.05) is 50.7 Å². The number of hydrogen-bond acceptors (Lipinski definition) is 24. The average Bonchev–Trinajstić information content (AvgIpc) is 4.34. The van der Waals surface area contributed by atoms with E-state index < -0.39 is 53.9 Å². The first-order valence-corrected chi connectivity index (χ1v) is 28.4. The number of para-hydroxylation sites is 2. The number of sulfone groups is 2. The molecule has 0 bridgehead atoms. The molecule has 424 valence electrons. The number of methoxy groups -OCH3 is 6. The summed E-state index contributed by atoms with van der Waals surface area (Å²) < 4.78 is 103. The van der Waals surface area contributed by atoms with Gasteiger partial charge in [-0.3, -0.25) is 9.13 Å². The lowest BCUT2D eigenvalue weighted by Gasteiger charge is -2.35. The first kappa shape index (κ1) is 56.4. The lowest BCUT2D eigenvalue weighted by molar-refractivity contribution is 0.154. The lowest BCUT2D eigenvalue weighted by atomic mass is 10.1. The van der Waals surface area contributed by atoms with Crippen LogP contribution in [-0.4, -0.2) is 168 Å². The molecular formula is C52H60N12O14S2. The van der Waals surface area contributed by atoms with Crippen molar-refractivity contribution in [3.05, 3.63) is 108 Å². The molecule has 0 radical (unpaired) electrons. The minimum atomic E-state index is -3.88. The van der Waals surface area contributed by atoms with E-state index in [1.54, 1.807) is 106 Å². The summed E-state index contributed by atoms with van der Waals surface area (Å²) in [6.07, 6.45) is 1.34. The monoisotopic (exact) mass is 1140 g/mol. The smallest absolute Gasteiger partial charge is 0.228 e. The van der Waals surface area contributed by atoms with Crippen LogP contribution in [0.5, 0.6) is 34.8 Å². The molecule has 6 aromatic heterocycles. The normalized spacial score (nSPS) is 17.6. The van der Waals surface area contributed by atoms with Crippen LogP contribution < -0.4 is 38.2 Å². The van der Waals surface area contributed by atoms with Gasteiger partial charge in [0.15, 0.2) is 42.8 Å². The summed E-state index contributed by atoms with van der Waals surface area (Å²) in [6.45, 7) is 4.15. The molecule has 0 aliphatic carbocycles. The van der Waals surface area contributed by atoms with Gasteiger partial charge in [-0.1, -0.05) is 12.1 Å². The third-order valence-corrected chi connectivity index (χ3v) is 17.3. The second-order valence-electron chi connectivity index (χ2n) is 18.6. The van der Waals surface area contributed by atoms with Crippen molar-refractivity contribution in [1.82, 2.24) is 49.5 Å². The number of aryl methyl sites for hydroxylation is 2. The fourth-order valence-corrected chi connectivity index (χ4v) is 12.9. The Morgan fingerprint density at radius 1 is 0.512 bits per heavy atom. The number of benzene rings is 2. The number of aliphatic hydroxyl groups excluding tert-OH is 2. The summed E-state index contributed by atoms with van der Waals surface area (Å²) in [6, 6.07) is 20.7. The van der Waals surface area contributed by atoms with E-state index >= 15 is 0 Å². The molecule has 2 aliphatic rings. The van der Waals surface area contributed by atoms with Gasteiger partial charge in [0.1, 0.15) is 57.4 Å². The number of β-amino-alcohol motifs (C(OH)–C–C–N with tert-alkyl or cyclic N) is 2. The van der Waals surface area contributed by atoms with Crippen molar-refractivity contribution >= 4 is 31.6 Å². The first-order chi connectivity index (χ1) is 38.5. The molecule has 0 spiro atoms. The van der Waals surface area contributed by atoms with E-state index in [0.717, 1.165) is 0 Å². The van der Waals surface area contributed by atoms with E-state index in [0.29, 0.717) is 69.2 Å². The molecule has 2 N–H and O–H groups in total. The Morgan fingerprint density at radius 2 is 0.887 bits per heavy atom. The Morgan fingerprint density at radius 3 is 1.21 bits per heavy atom. The molecule has 0 saturated carbocycles. The maximum atomic E-state index is 13.9. The third kappa shape index (κ3) is 12.0. The van der Waals surface area contributed by atoms with Crippen molar-refractivity contribution in [3.8, 4) is 69.3 Å². The first-order valence-electron chi connectivity index (χ1n) is 25.0. The zero-order chi connectivity index (χ0) is 56.9. The quantitative estimate of drug-likeness (QED) is 0.120. The number of anilines is 2. The van der Waals surface area contributed by atoms with Crippen molar-refractivity contribution in [2.24, 2.45) is 0 Å². The standard InChI is InChI=1S/2C26H30N6O7S/c2*1-16-8-9-21(39-16)25-30-29-22(32(25)24-19(36-2)6-5-7-20(24)37-3)15-40(34,35)18-12-17(33)13-31(14-18)26-27-11-10-23(28-26)38-4/h2*5-11,17-18,33H,12-15H2,1-4H3/t2*17-,18+/m10/s1. The van der Waals surface area contributed by atoms with E-state index in [2.05, 4.69) is 40.3 Å². The summed E-state index contributed by atoms with van der Waals surface area (Å²) >= 11 is 0. The molecule has 80 heavy (non-hydrogen) atoms. The fourth-order valence-electron chi connectivity index (χ4n) is 9.52. The molecule has 2 saturated heterocycles. The molecule has 0 amide bonds. The molecule has 2 aliphatic heterocycles. The van der Waals surface area contributed by atoms with Crippen LogP contribution in [0.4, 0.5) is 11.9 Å². The van der Waals surface area contributed by atoms with Crippen molar-refractivity contribution in [3.63, 3.8) is 0 Å². The second kappa shape index (κ2) is 23.9. The van der Waals surface area contributed by atoms with E-state index in [-0.39, 0.29) is 74.2 Å². The van der Waals surface area contributed by atoms with Crippen LogP contribution in [0.25, 0.3) is 34.5 Å². The molecule has 2 aromatic carbocycles. The minimum absolute atomic E-state index is 0.0547. The number of piperidine rings is 2. The summed E-state index contributed by atoms with van der Waals surface area (Å²) in [5.41, 5.74) is 0.865. The number of hydrogen-bond donors (Lipinski definition) is 2. The number of ether oxygens (including phenoxy) is 6. The van der Waals surface area contributed by atoms with E-state index in [4.69, 9.17) is 37.3 Å². The van der Waals surface area contributed by atoms with E-state index in [9.17, 15) is 27.0 Å². The Balaban J connectivity index is 0.000000194. The SMILES string of the molecule is COc1ccnc(N2C[C@@H](O)C[C@@H](S(=O)(=O)Cc3nnc(-c4ccc(C)o4)n3-c3c(OC)cccc3OC)C2)n1.COc1ccnc(N2C[C@H](O)C[C@H](S(=O)(=O)Cc3nnc(-c4ccc(C)o4)n3-c3c(OC)cccc3OC)C2)n1. The summed E-state index contributed by atoms with van der Waals surface area (Å²) in [4.78, 5) is 20.4. The molecule has 8 heterocycles. The highest BCUT2D eigenvalue weighted by molar-refractivity contribution is 7.91. The van der Waals surface area contributed by atoms with Gasteiger partial charge in [-0.05, 0) is 75.2 Å². The molecule has 28 heteroatoms. The fraction of sp³-hybridized carbons (Fsp3) is 0.385. The maximum Gasteiger partial charge on any atom is 0.228 e. The van der Waals surface area contributed by atoms with Crippen molar-refractivity contribution < 1.29 is 64.3 Å². The van der Waals surface area contributed by atoms with Gasteiger partial charge in [0.25, 0.3) is 0 Å². The zero-order valence-electron chi connectivity index (χ0n) is 45.0. The Labute approximate surface area is 460 Å². The predicted octanol–water partition coefficient (Wildman–Crippen LogP) is 4.41. The molecular weight excluding hydrogens is 1080 g/mol. The summed E-state index contributed by atoms with van der Waals surface area (Å²) in [7, 11) is 1.23. The van der Waals surface area contributed by atoms with Gasteiger partial charge in [-0.25, -0.2) is 26.8 Å². The second-order valence-corrected chi connectivity index (χ2v) is 23.2. The van der Waals surface area contributed by atoms with Crippen LogP contribution in [-0.2, 0) is 31.2 Å². The predicted molar refractivity (Wildman–Crippen MR) is 289 cm³/mol. The third-order valence-electron chi connectivity index (χ3n) is 13.3. The molecule has 10 rings (SSSR count). The van der Waals surface area contributed by atoms with Gasteiger partial charge in [0.2, 0.25) is 35.3 Å². The summed E-state index contributed by atoms with van der Waals surface area (Å²) in [5.74, 6) is 4.95. The Kier molecular flexibility index (Phi) is 16.9. The number of nitrogens with zero attached hydrogens (tertiary/aromatic N) is 12. The largest absolute Gasteiger partial charge is 0.494 e. The molecule has 26 nitrogen and oxygen atoms in total. The maximum absolute atomic E-state index is 13.9. The summed E-state index contributed by atoms with van der Waals surface area (Å²) in [5, 5.41) is 36.5. The zero-order valence-corrected chi connectivity index (χ0v) is 46.7. The Hall–Kier alpha value is -8.34. The van der Waals surface area contributed by atoms with Crippen LogP contribution in [0.2, 0.25) is 0 Å². The van der Waals surface area contributed by atoms with Crippen molar-refractivity contribution in [1.29, 1.82) is 0 Å². The highest BCUT2D eigenvalue weighted by atomic mass is 32.2. The van der Waals surface area contributed by atoms with E-state index in [1.165, 1.54) is 55.1 Å². The van der Waals surface area contributed by atoms with Crippen LogP contribution in [0.15, 0.2) is 94.0 Å². The van der Waals surface area contributed by atoms with Crippen molar-refractivity contribution in [2.45, 2.75) is 60.9 Å². The Bertz CT molecular complexity index is 3400. The van der Waals surface area contributed by atoms with Crippen molar-refractivity contribution in [2.75, 3.05) is 78.6 Å². The molecule has 8 aromatic rings. The average molecular weight is 1140 g/mol. The van der Waals surface area contributed by atoms with Gasteiger partial charge in [-0.2, -0.15) is 9.97 Å². The van der Waals surface area contributed by atoms with Gasteiger partial charge < -0.3 is 57.3 Å². The number of aliphatic hydroxyl groups is 2. The number of rotatable bonds is 18.